The molecule has 0 aliphatic carbocycles. The summed E-state index contributed by atoms with van der Waals surface area (Å²) in [6.07, 6.45) is 1.88. The molecular weight excluding hydrogens is 334 g/mol. The van der Waals surface area contributed by atoms with Gasteiger partial charge in [0.05, 0.1) is 12.7 Å². The Kier molecular flexibility index (Phi) is 6.32. The summed E-state index contributed by atoms with van der Waals surface area (Å²) >= 11 is 3.41. The van der Waals surface area contributed by atoms with Gasteiger partial charge in [0, 0.05) is 36.8 Å². The molecule has 1 atom stereocenters. The van der Waals surface area contributed by atoms with E-state index in [1.165, 1.54) is 0 Å². The van der Waals surface area contributed by atoms with Crippen molar-refractivity contribution in [1.29, 1.82) is 0 Å². The molecule has 1 saturated heterocycles. The molecule has 2 rings (SSSR count). The van der Waals surface area contributed by atoms with Crippen LogP contribution in [0.2, 0.25) is 0 Å². The fourth-order valence-electron chi connectivity index (χ4n) is 2.12. The summed E-state index contributed by atoms with van der Waals surface area (Å²) in [6.45, 7) is 5.00. The summed E-state index contributed by atoms with van der Waals surface area (Å²) < 4.78 is 8.34. The van der Waals surface area contributed by atoms with E-state index in [9.17, 15) is 4.79 Å². The molecule has 0 saturated carbocycles. The molecule has 2 N–H and O–H groups in total. The molecule has 1 aliphatic rings. The lowest BCUT2D eigenvalue weighted by molar-refractivity contribution is -0.0171. The fourth-order valence-corrected chi connectivity index (χ4v) is 2.59. The number of aryl methyl sites for hydroxylation is 1. The number of rotatable bonds is 3. The molecule has 1 fully saturated rings. The van der Waals surface area contributed by atoms with Crippen LogP contribution in [0.5, 0.6) is 0 Å². The Morgan fingerprint density at radius 3 is 3.00 bits per heavy atom. The highest BCUT2D eigenvalue weighted by atomic mass is 79.9. The molecular formula is C12H19BrClN3O2. The van der Waals surface area contributed by atoms with Crippen LogP contribution in [0.25, 0.3) is 0 Å². The van der Waals surface area contributed by atoms with E-state index in [2.05, 4.69) is 15.9 Å². The highest BCUT2D eigenvalue weighted by molar-refractivity contribution is 9.10. The van der Waals surface area contributed by atoms with Gasteiger partial charge in [0.1, 0.15) is 5.69 Å². The molecule has 108 valence electrons. The van der Waals surface area contributed by atoms with Crippen molar-refractivity contribution in [3.63, 3.8) is 0 Å². The first-order chi connectivity index (χ1) is 8.65. The lowest BCUT2D eigenvalue weighted by atomic mass is 10.2. The Hall–Kier alpha value is -0.560. The van der Waals surface area contributed by atoms with Gasteiger partial charge in [-0.1, -0.05) is 0 Å². The van der Waals surface area contributed by atoms with Crippen LogP contribution in [-0.4, -0.2) is 47.7 Å². The minimum atomic E-state index is -0.0452. The van der Waals surface area contributed by atoms with Crippen LogP contribution >= 0.6 is 28.3 Å². The number of nitrogens with two attached hydrogens (primary N) is 1. The van der Waals surface area contributed by atoms with Gasteiger partial charge in [-0.3, -0.25) is 4.79 Å². The number of halogens is 2. The second-order valence-corrected chi connectivity index (χ2v) is 5.22. The van der Waals surface area contributed by atoms with E-state index < -0.39 is 0 Å². The van der Waals surface area contributed by atoms with Gasteiger partial charge in [-0.05, 0) is 28.9 Å². The van der Waals surface area contributed by atoms with Crippen LogP contribution < -0.4 is 5.73 Å². The molecule has 0 radical (unpaired) electrons. The molecule has 1 aliphatic heterocycles. The van der Waals surface area contributed by atoms with Crippen molar-refractivity contribution in [2.75, 3.05) is 26.2 Å². The summed E-state index contributed by atoms with van der Waals surface area (Å²) in [4.78, 5) is 14.3. The first kappa shape index (κ1) is 16.5. The number of ether oxygens (including phenoxy) is 1. The van der Waals surface area contributed by atoms with Gasteiger partial charge in [-0.25, -0.2) is 0 Å². The maximum Gasteiger partial charge on any atom is 0.270 e. The monoisotopic (exact) mass is 351 g/mol. The zero-order valence-electron chi connectivity index (χ0n) is 10.8. The maximum absolute atomic E-state index is 12.4. The molecule has 1 aromatic heterocycles. The van der Waals surface area contributed by atoms with Gasteiger partial charge >= 0.3 is 0 Å². The number of hydrogen-bond donors (Lipinski definition) is 1. The predicted octanol–water partition coefficient (Wildman–Crippen LogP) is 1.49. The zero-order chi connectivity index (χ0) is 13.1. The quantitative estimate of drug-likeness (QED) is 0.896. The lowest BCUT2D eigenvalue weighted by Gasteiger charge is -2.32. The Balaban J connectivity index is 0.00000180. The summed E-state index contributed by atoms with van der Waals surface area (Å²) in [5.41, 5.74) is 6.30. The van der Waals surface area contributed by atoms with Crippen molar-refractivity contribution in [3.8, 4) is 0 Å². The zero-order valence-corrected chi connectivity index (χ0v) is 13.2. The molecule has 7 heteroatoms. The van der Waals surface area contributed by atoms with E-state index in [0.717, 1.165) is 11.0 Å². The molecule has 1 aromatic rings. The van der Waals surface area contributed by atoms with Crippen molar-refractivity contribution in [2.45, 2.75) is 19.6 Å². The van der Waals surface area contributed by atoms with E-state index >= 15 is 0 Å². The van der Waals surface area contributed by atoms with Gasteiger partial charge in [-0.2, -0.15) is 0 Å². The van der Waals surface area contributed by atoms with Crippen molar-refractivity contribution in [3.05, 3.63) is 22.4 Å². The number of aromatic nitrogens is 1. The number of morpholine rings is 1. The number of carbonyl (C=O) groups excluding carboxylic acids is 1. The smallest absolute Gasteiger partial charge is 0.270 e. The summed E-state index contributed by atoms with van der Waals surface area (Å²) in [6, 6.07) is 1.86. The van der Waals surface area contributed by atoms with Gasteiger partial charge in [-0.15, -0.1) is 12.4 Å². The molecule has 5 nitrogen and oxygen atoms in total. The van der Waals surface area contributed by atoms with Crippen LogP contribution in [0.4, 0.5) is 0 Å². The Bertz CT molecular complexity index is 439. The number of nitrogens with zero attached hydrogens (tertiary/aromatic N) is 2. The molecule has 0 bridgehead atoms. The largest absolute Gasteiger partial charge is 0.373 e. The third-order valence-corrected chi connectivity index (χ3v) is 3.55. The van der Waals surface area contributed by atoms with Crippen molar-refractivity contribution in [1.82, 2.24) is 9.47 Å². The first-order valence-electron chi connectivity index (χ1n) is 6.12. The highest BCUT2D eigenvalue weighted by Crippen LogP contribution is 2.18. The van der Waals surface area contributed by atoms with E-state index in [-0.39, 0.29) is 24.4 Å². The average Bonchev–Trinajstić information content (AvgIpc) is 2.79. The Labute approximate surface area is 127 Å². The second-order valence-electron chi connectivity index (χ2n) is 4.31. The van der Waals surface area contributed by atoms with Crippen molar-refractivity contribution >= 4 is 34.2 Å². The molecule has 1 unspecified atom stereocenters. The third-order valence-electron chi connectivity index (χ3n) is 3.11. The van der Waals surface area contributed by atoms with E-state index in [1.807, 2.05) is 28.7 Å². The lowest BCUT2D eigenvalue weighted by Crippen LogP contribution is -2.48. The minimum absolute atomic E-state index is 0. The van der Waals surface area contributed by atoms with Gasteiger partial charge in [0.2, 0.25) is 0 Å². The van der Waals surface area contributed by atoms with Crippen molar-refractivity contribution < 1.29 is 9.53 Å². The summed E-state index contributed by atoms with van der Waals surface area (Å²) in [5, 5.41) is 0. The minimum Gasteiger partial charge on any atom is -0.373 e. The summed E-state index contributed by atoms with van der Waals surface area (Å²) in [5.74, 6) is 0.0456. The molecule has 0 spiro atoms. The highest BCUT2D eigenvalue weighted by Gasteiger charge is 2.26. The molecule has 1 amide bonds. The first-order valence-corrected chi connectivity index (χ1v) is 6.91. The standard InChI is InChI=1S/C12H18BrN3O2.ClH/c1-2-15-7-9(13)5-11(15)12(17)16-3-4-18-10(6-14)8-16;/h5,7,10H,2-4,6,8,14H2,1H3;1H. The fraction of sp³-hybridized carbons (Fsp3) is 0.583. The number of hydrogen-bond acceptors (Lipinski definition) is 3. The van der Waals surface area contributed by atoms with Gasteiger partial charge < -0.3 is 19.9 Å². The molecule has 2 heterocycles. The SMILES string of the molecule is CCn1cc(Br)cc1C(=O)N1CCOC(CN)C1.Cl. The summed E-state index contributed by atoms with van der Waals surface area (Å²) in [7, 11) is 0. The molecule has 19 heavy (non-hydrogen) atoms. The van der Waals surface area contributed by atoms with Crippen LogP contribution in [-0.2, 0) is 11.3 Å². The van der Waals surface area contributed by atoms with Crippen LogP contribution in [0.3, 0.4) is 0 Å². The van der Waals surface area contributed by atoms with E-state index in [4.69, 9.17) is 10.5 Å². The maximum atomic E-state index is 12.4. The van der Waals surface area contributed by atoms with Crippen LogP contribution in [0.1, 0.15) is 17.4 Å². The van der Waals surface area contributed by atoms with Crippen LogP contribution in [0, 0.1) is 0 Å². The normalized spacial score (nSPS) is 19.1. The van der Waals surface area contributed by atoms with E-state index in [1.54, 1.807) is 0 Å². The van der Waals surface area contributed by atoms with E-state index in [0.29, 0.717) is 31.9 Å². The number of carbonyl (C=O) groups is 1. The Morgan fingerprint density at radius 2 is 2.37 bits per heavy atom. The van der Waals surface area contributed by atoms with Crippen molar-refractivity contribution in [2.24, 2.45) is 5.73 Å². The topological polar surface area (TPSA) is 60.5 Å². The number of amides is 1. The van der Waals surface area contributed by atoms with Crippen LogP contribution in [0.15, 0.2) is 16.7 Å². The predicted molar refractivity (Wildman–Crippen MR) is 79.8 cm³/mol. The van der Waals surface area contributed by atoms with Gasteiger partial charge in [0.15, 0.2) is 0 Å². The molecule has 0 aromatic carbocycles. The Morgan fingerprint density at radius 1 is 1.63 bits per heavy atom. The average molecular weight is 353 g/mol. The third kappa shape index (κ3) is 3.72. The second kappa shape index (κ2) is 7.28. The van der Waals surface area contributed by atoms with Gasteiger partial charge in [0.25, 0.3) is 5.91 Å².